The van der Waals surface area contributed by atoms with Crippen molar-refractivity contribution in [3.05, 3.63) is 63.9 Å². The normalized spacial score (nSPS) is 11.2. The van der Waals surface area contributed by atoms with Gasteiger partial charge >= 0.3 is 11.9 Å². The molecule has 0 fully saturated rings. The van der Waals surface area contributed by atoms with Crippen LogP contribution in [0.1, 0.15) is 28.8 Å². The largest absolute Gasteiger partial charge is 0.481 e. The van der Waals surface area contributed by atoms with Crippen LogP contribution in [0.2, 0.25) is 0 Å². The number of anilines is 2. The van der Waals surface area contributed by atoms with E-state index in [-0.39, 0.29) is 29.9 Å². The van der Waals surface area contributed by atoms with Gasteiger partial charge in [-0.25, -0.2) is 9.78 Å². The van der Waals surface area contributed by atoms with Crippen molar-refractivity contribution >= 4 is 40.4 Å². The topological polar surface area (TPSA) is 187 Å². The van der Waals surface area contributed by atoms with Crippen LogP contribution in [0, 0.1) is 11.8 Å². The maximum Gasteiger partial charge on any atom is 0.326 e. The summed E-state index contributed by atoms with van der Waals surface area (Å²) in [5.41, 5.74) is 7.56. The summed E-state index contributed by atoms with van der Waals surface area (Å²) in [6.07, 6.45) is -0.143. The van der Waals surface area contributed by atoms with E-state index in [9.17, 15) is 19.2 Å². The summed E-state index contributed by atoms with van der Waals surface area (Å²) in [5, 5.41) is 23.7. The van der Waals surface area contributed by atoms with Gasteiger partial charge in [0.2, 0.25) is 5.95 Å². The number of nitrogens with zero attached hydrogens (tertiary/aromatic N) is 1. The molecule has 1 heterocycles. The Balaban J connectivity index is 1.51. The number of rotatable bonds is 9. The highest BCUT2D eigenvalue weighted by Crippen LogP contribution is 2.12. The first-order chi connectivity index (χ1) is 16.7. The number of benzene rings is 2. The van der Waals surface area contributed by atoms with Crippen LogP contribution in [0.5, 0.6) is 0 Å². The molecule has 0 aliphatic heterocycles. The molecule has 7 N–H and O–H groups in total. The van der Waals surface area contributed by atoms with Crippen molar-refractivity contribution in [2.45, 2.75) is 25.3 Å². The monoisotopic (exact) mass is 477 g/mol. The van der Waals surface area contributed by atoms with E-state index in [0.29, 0.717) is 29.6 Å². The third-order valence-electron chi connectivity index (χ3n) is 4.98. The van der Waals surface area contributed by atoms with Crippen molar-refractivity contribution in [2.24, 2.45) is 0 Å². The summed E-state index contributed by atoms with van der Waals surface area (Å²) in [5.74, 6) is 3.01. The van der Waals surface area contributed by atoms with Gasteiger partial charge in [-0.2, -0.15) is 0 Å². The smallest absolute Gasteiger partial charge is 0.326 e. The van der Waals surface area contributed by atoms with Crippen LogP contribution in [0.15, 0.2) is 47.3 Å². The van der Waals surface area contributed by atoms with Crippen molar-refractivity contribution in [2.75, 3.05) is 17.6 Å². The van der Waals surface area contributed by atoms with Crippen LogP contribution < -0.4 is 21.9 Å². The summed E-state index contributed by atoms with van der Waals surface area (Å²) < 4.78 is 0. The van der Waals surface area contributed by atoms with Crippen LogP contribution >= 0.6 is 0 Å². The molecule has 0 bridgehead atoms. The van der Waals surface area contributed by atoms with Gasteiger partial charge in [0.25, 0.3) is 11.5 Å². The van der Waals surface area contributed by atoms with Gasteiger partial charge in [0.15, 0.2) is 0 Å². The molecular weight excluding hydrogens is 454 g/mol. The number of nitrogens with one attached hydrogen (secondary N) is 3. The fourth-order valence-electron chi connectivity index (χ4n) is 3.19. The minimum atomic E-state index is -1.30. The number of aliphatic carboxylic acids is 2. The van der Waals surface area contributed by atoms with E-state index in [4.69, 9.17) is 15.9 Å². The number of carbonyl (C=O) groups is 3. The number of amides is 1. The first-order valence-electron chi connectivity index (χ1n) is 10.6. The van der Waals surface area contributed by atoms with E-state index < -0.39 is 23.9 Å². The van der Waals surface area contributed by atoms with Crippen molar-refractivity contribution in [1.29, 1.82) is 0 Å². The maximum absolute atomic E-state index is 12.3. The first kappa shape index (κ1) is 24.8. The number of carboxylic acids is 2. The Morgan fingerprint density at radius 1 is 1.09 bits per heavy atom. The summed E-state index contributed by atoms with van der Waals surface area (Å²) >= 11 is 0. The molecule has 1 aromatic heterocycles. The lowest BCUT2D eigenvalue weighted by Gasteiger charge is -2.13. The molecule has 35 heavy (non-hydrogen) atoms. The van der Waals surface area contributed by atoms with Gasteiger partial charge in [-0.05, 0) is 48.4 Å². The molecule has 0 spiro atoms. The second kappa shape index (κ2) is 11.3. The van der Waals surface area contributed by atoms with E-state index in [1.807, 2.05) is 6.07 Å². The SMILES string of the molecule is Nc1nc2ccc(CC#CCNc3ccc(C(=O)N[C@@H](CCC(=O)O)C(=O)O)cc3)cc2c(=O)[nH]1. The van der Waals surface area contributed by atoms with Crippen LogP contribution in [-0.2, 0) is 16.0 Å². The molecule has 0 saturated carbocycles. The minimum absolute atomic E-state index is 0.0648. The van der Waals surface area contributed by atoms with Crippen molar-refractivity contribution in [3.63, 3.8) is 0 Å². The molecule has 11 heteroatoms. The Kier molecular flexibility index (Phi) is 8.02. The molecule has 3 aromatic rings. The lowest BCUT2D eigenvalue weighted by atomic mass is 10.1. The molecular formula is C24H23N5O6. The summed E-state index contributed by atoms with van der Waals surface area (Å²) in [6.45, 7) is 0.341. The number of aromatic amines is 1. The number of nitrogen functional groups attached to an aromatic ring is 1. The molecule has 0 saturated heterocycles. The van der Waals surface area contributed by atoms with Gasteiger partial charge in [0, 0.05) is 24.1 Å². The summed E-state index contributed by atoms with van der Waals surface area (Å²) in [7, 11) is 0. The van der Waals surface area contributed by atoms with Gasteiger partial charge in [0.1, 0.15) is 6.04 Å². The van der Waals surface area contributed by atoms with E-state index in [0.717, 1.165) is 5.56 Å². The van der Waals surface area contributed by atoms with E-state index in [2.05, 4.69) is 32.4 Å². The molecule has 0 radical (unpaired) electrons. The fraction of sp³-hybridized carbons (Fsp3) is 0.208. The highest BCUT2D eigenvalue weighted by Gasteiger charge is 2.21. The van der Waals surface area contributed by atoms with Crippen molar-refractivity contribution in [3.8, 4) is 11.8 Å². The third kappa shape index (κ3) is 7.06. The van der Waals surface area contributed by atoms with Crippen LogP contribution in [0.3, 0.4) is 0 Å². The van der Waals surface area contributed by atoms with Gasteiger partial charge in [-0.15, -0.1) is 0 Å². The predicted octanol–water partition coefficient (Wildman–Crippen LogP) is 1.21. The lowest BCUT2D eigenvalue weighted by molar-refractivity contribution is -0.140. The number of carbonyl (C=O) groups excluding carboxylic acids is 1. The number of hydrogen-bond acceptors (Lipinski definition) is 7. The standard InChI is InChI=1S/C24H23N5O6/c25-24-28-18-9-4-14(13-17(18)22(33)29-24)3-1-2-12-26-16-7-5-15(6-8-16)21(32)27-19(23(34)35)10-11-20(30)31/h4-9,13,19,26H,3,10-12H2,(H,27,32)(H,30,31)(H,34,35)(H3,25,28,29,33)/t19-/m0/s1. The zero-order valence-electron chi connectivity index (χ0n) is 18.5. The van der Waals surface area contributed by atoms with Gasteiger partial charge in [-0.1, -0.05) is 17.9 Å². The Morgan fingerprint density at radius 2 is 1.83 bits per heavy atom. The van der Waals surface area contributed by atoms with E-state index >= 15 is 0 Å². The molecule has 180 valence electrons. The Hall–Kier alpha value is -4.85. The fourth-order valence-corrected chi connectivity index (χ4v) is 3.19. The Morgan fingerprint density at radius 3 is 2.51 bits per heavy atom. The van der Waals surface area contributed by atoms with Crippen LogP contribution in [0.25, 0.3) is 10.9 Å². The Labute approximate surface area is 199 Å². The second-order valence-electron chi connectivity index (χ2n) is 7.56. The van der Waals surface area contributed by atoms with Crippen molar-refractivity contribution < 1.29 is 24.6 Å². The highest BCUT2D eigenvalue weighted by atomic mass is 16.4. The van der Waals surface area contributed by atoms with Crippen LogP contribution in [0.4, 0.5) is 11.6 Å². The quantitative estimate of drug-likeness (QED) is 0.246. The Bertz CT molecular complexity index is 1370. The summed E-state index contributed by atoms with van der Waals surface area (Å²) in [6, 6.07) is 10.3. The predicted molar refractivity (Wildman–Crippen MR) is 129 cm³/mol. The number of hydrogen-bond donors (Lipinski definition) is 6. The molecule has 0 aliphatic carbocycles. The number of carboxylic acid groups (broad SMARTS) is 2. The maximum atomic E-state index is 12.3. The van der Waals surface area contributed by atoms with Gasteiger partial charge in [-0.3, -0.25) is 19.4 Å². The third-order valence-corrected chi connectivity index (χ3v) is 4.98. The highest BCUT2D eigenvalue weighted by molar-refractivity contribution is 5.97. The molecule has 11 nitrogen and oxygen atoms in total. The van der Waals surface area contributed by atoms with Gasteiger partial charge < -0.3 is 26.6 Å². The molecule has 1 atom stereocenters. The van der Waals surface area contributed by atoms with Crippen molar-refractivity contribution in [1.82, 2.24) is 15.3 Å². The molecule has 2 aromatic carbocycles. The van der Waals surface area contributed by atoms with E-state index in [1.54, 1.807) is 24.3 Å². The average Bonchev–Trinajstić information content (AvgIpc) is 2.81. The summed E-state index contributed by atoms with van der Waals surface area (Å²) in [4.78, 5) is 52.7. The number of nitrogens with two attached hydrogens (primary N) is 1. The first-order valence-corrected chi connectivity index (χ1v) is 10.6. The zero-order valence-corrected chi connectivity index (χ0v) is 18.5. The molecule has 1 amide bonds. The second-order valence-corrected chi connectivity index (χ2v) is 7.56. The zero-order chi connectivity index (χ0) is 25.4. The molecule has 3 rings (SSSR count). The number of H-pyrrole nitrogens is 1. The van der Waals surface area contributed by atoms with Gasteiger partial charge in [0.05, 0.1) is 17.4 Å². The molecule has 0 aliphatic rings. The lowest BCUT2D eigenvalue weighted by Crippen LogP contribution is -2.41. The average molecular weight is 477 g/mol. The number of aromatic nitrogens is 2. The van der Waals surface area contributed by atoms with E-state index in [1.165, 1.54) is 12.1 Å². The minimum Gasteiger partial charge on any atom is -0.481 e. The number of fused-ring (bicyclic) bond motifs is 1. The molecule has 0 unspecified atom stereocenters. The van der Waals surface area contributed by atoms with Crippen LogP contribution in [-0.4, -0.2) is 50.6 Å².